The molecule has 3 amide bonds. The van der Waals surface area contributed by atoms with Gasteiger partial charge in [-0.25, -0.2) is 0 Å². The first-order valence-corrected chi connectivity index (χ1v) is 9.13. The fourth-order valence-electron chi connectivity index (χ4n) is 3.18. The van der Waals surface area contributed by atoms with Crippen LogP contribution < -0.4 is 0 Å². The summed E-state index contributed by atoms with van der Waals surface area (Å²) in [6.45, 7) is 3.59. The maximum atomic E-state index is 12.6. The highest BCUT2D eigenvalue weighted by Crippen LogP contribution is 2.22. The van der Waals surface area contributed by atoms with Gasteiger partial charge < -0.3 is 4.90 Å². The van der Waals surface area contributed by atoms with Crippen molar-refractivity contribution in [2.24, 2.45) is 0 Å². The van der Waals surface area contributed by atoms with Crippen LogP contribution in [0.15, 0.2) is 48.5 Å². The van der Waals surface area contributed by atoms with Gasteiger partial charge in [-0.15, -0.1) is 0 Å². The fraction of sp³-hybridized carbons (Fsp3) is 0.273. The lowest BCUT2D eigenvalue weighted by molar-refractivity contribution is -0.131. The highest BCUT2D eigenvalue weighted by Gasteiger charge is 2.35. The third-order valence-corrected chi connectivity index (χ3v) is 5.12. The molecule has 144 valence electrons. The number of carbonyl (C=O) groups is 4. The van der Waals surface area contributed by atoms with Gasteiger partial charge in [0.05, 0.1) is 17.2 Å². The van der Waals surface area contributed by atoms with Crippen molar-refractivity contribution in [3.63, 3.8) is 0 Å². The van der Waals surface area contributed by atoms with Crippen LogP contribution >= 0.6 is 0 Å². The summed E-state index contributed by atoms with van der Waals surface area (Å²) in [5.74, 6) is -1.24. The van der Waals surface area contributed by atoms with Crippen LogP contribution in [0.5, 0.6) is 0 Å². The standard InChI is InChI=1S/C22H22N2O4/c1-14-8-10-16(11-9-14)20(26)15(2)23(3)19(25)12-13-24-21(27)17-6-4-5-7-18(17)22(24)28/h4-11,15H,12-13H2,1-3H3. The molecule has 0 aromatic heterocycles. The molecule has 1 aliphatic heterocycles. The van der Waals surface area contributed by atoms with E-state index in [1.54, 1.807) is 50.4 Å². The molecule has 2 aromatic carbocycles. The van der Waals surface area contributed by atoms with Gasteiger partial charge in [0.1, 0.15) is 0 Å². The quantitative estimate of drug-likeness (QED) is 0.572. The molecule has 0 aliphatic carbocycles. The van der Waals surface area contributed by atoms with E-state index in [2.05, 4.69) is 0 Å². The highest BCUT2D eigenvalue weighted by atomic mass is 16.2. The SMILES string of the molecule is Cc1ccc(C(=O)C(C)N(C)C(=O)CCN2C(=O)c3ccccc3C2=O)cc1. The molecular formula is C22H22N2O4. The predicted molar refractivity (Wildman–Crippen MR) is 104 cm³/mol. The molecule has 2 aromatic rings. The summed E-state index contributed by atoms with van der Waals surface area (Å²) in [4.78, 5) is 52.3. The summed E-state index contributed by atoms with van der Waals surface area (Å²) in [5, 5.41) is 0. The summed E-state index contributed by atoms with van der Waals surface area (Å²) >= 11 is 0. The Morgan fingerprint density at radius 3 is 2.04 bits per heavy atom. The van der Waals surface area contributed by atoms with Crippen molar-refractivity contribution in [1.29, 1.82) is 0 Å². The van der Waals surface area contributed by atoms with Crippen LogP contribution in [0, 0.1) is 6.92 Å². The van der Waals surface area contributed by atoms with Crippen molar-refractivity contribution >= 4 is 23.5 Å². The molecule has 6 nitrogen and oxygen atoms in total. The summed E-state index contributed by atoms with van der Waals surface area (Å²) in [6.07, 6.45) is -0.0342. The van der Waals surface area contributed by atoms with E-state index in [0.29, 0.717) is 16.7 Å². The highest BCUT2D eigenvalue weighted by molar-refractivity contribution is 6.21. The van der Waals surface area contributed by atoms with Crippen molar-refractivity contribution in [2.45, 2.75) is 26.3 Å². The van der Waals surface area contributed by atoms with E-state index in [9.17, 15) is 19.2 Å². The largest absolute Gasteiger partial charge is 0.336 e. The number of imide groups is 1. The third kappa shape index (κ3) is 3.58. The van der Waals surface area contributed by atoms with Gasteiger partial charge in [0.2, 0.25) is 5.91 Å². The molecule has 28 heavy (non-hydrogen) atoms. The predicted octanol–water partition coefficient (Wildman–Crippen LogP) is 2.71. The number of hydrogen-bond donors (Lipinski definition) is 0. The van der Waals surface area contributed by atoms with E-state index < -0.39 is 6.04 Å². The molecule has 1 heterocycles. The van der Waals surface area contributed by atoms with Gasteiger partial charge in [0, 0.05) is 25.6 Å². The minimum Gasteiger partial charge on any atom is -0.336 e. The second kappa shape index (κ2) is 7.76. The molecule has 6 heteroatoms. The molecule has 0 N–H and O–H groups in total. The number of likely N-dealkylation sites (N-methyl/N-ethyl adjacent to an activating group) is 1. The lowest BCUT2D eigenvalue weighted by Gasteiger charge is -2.25. The molecule has 0 spiro atoms. The molecule has 0 saturated heterocycles. The first-order chi connectivity index (χ1) is 13.3. The van der Waals surface area contributed by atoms with Crippen molar-refractivity contribution in [2.75, 3.05) is 13.6 Å². The monoisotopic (exact) mass is 378 g/mol. The van der Waals surface area contributed by atoms with Crippen LogP contribution in [0.2, 0.25) is 0 Å². The van der Waals surface area contributed by atoms with Gasteiger partial charge in [0.25, 0.3) is 11.8 Å². The van der Waals surface area contributed by atoms with Gasteiger partial charge in [-0.1, -0.05) is 42.0 Å². The fourth-order valence-corrected chi connectivity index (χ4v) is 3.18. The topological polar surface area (TPSA) is 74.8 Å². The van der Waals surface area contributed by atoms with Crippen LogP contribution in [0.3, 0.4) is 0 Å². The van der Waals surface area contributed by atoms with E-state index in [1.165, 1.54) is 4.90 Å². The average molecular weight is 378 g/mol. The zero-order valence-electron chi connectivity index (χ0n) is 16.1. The van der Waals surface area contributed by atoms with E-state index in [4.69, 9.17) is 0 Å². The van der Waals surface area contributed by atoms with Gasteiger partial charge in [0.15, 0.2) is 5.78 Å². The first-order valence-electron chi connectivity index (χ1n) is 9.13. The Kier molecular flexibility index (Phi) is 5.40. The van der Waals surface area contributed by atoms with E-state index in [0.717, 1.165) is 10.5 Å². The van der Waals surface area contributed by atoms with Gasteiger partial charge in [-0.3, -0.25) is 24.1 Å². The lowest BCUT2D eigenvalue weighted by Crippen LogP contribution is -2.42. The molecular weight excluding hydrogens is 356 g/mol. The summed E-state index contributed by atoms with van der Waals surface area (Å²) in [6, 6.07) is 13.1. The summed E-state index contributed by atoms with van der Waals surface area (Å²) in [5.41, 5.74) is 2.31. The normalized spacial score (nSPS) is 14.0. The van der Waals surface area contributed by atoms with Crippen molar-refractivity contribution in [3.05, 3.63) is 70.8 Å². The number of Topliss-reactive ketones (excluding diaryl/α,β-unsaturated/α-hetero) is 1. The molecule has 0 radical (unpaired) electrons. The Morgan fingerprint density at radius 2 is 1.50 bits per heavy atom. The molecule has 1 aliphatic rings. The van der Waals surface area contributed by atoms with Crippen molar-refractivity contribution in [1.82, 2.24) is 9.80 Å². The maximum absolute atomic E-state index is 12.6. The van der Waals surface area contributed by atoms with E-state index in [1.807, 2.05) is 19.1 Å². The number of rotatable bonds is 6. The van der Waals surface area contributed by atoms with Crippen LogP contribution in [-0.2, 0) is 4.79 Å². The van der Waals surface area contributed by atoms with Gasteiger partial charge >= 0.3 is 0 Å². The number of nitrogens with zero attached hydrogens (tertiary/aromatic N) is 2. The summed E-state index contributed by atoms with van der Waals surface area (Å²) in [7, 11) is 1.56. The smallest absolute Gasteiger partial charge is 0.261 e. The van der Waals surface area contributed by atoms with Crippen LogP contribution in [0.25, 0.3) is 0 Å². The summed E-state index contributed by atoms with van der Waals surface area (Å²) < 4.78 is 0. The van der Waals surface area contributed by atoms with Crippen LogP contribution in [-0.4, -0.2) is 52.9 Å². The molecule has 0 saturated carbocycles. The zero-order valence-corrected chi connectivity index (χ0v) is 16.1. The number of ketones is 1. The van der Waals surface area contributed by atoms with Gasteiger partial charge in [-0.2, -0.15) is 0 Å². The Bertz CT molecular complexity index is 914. The van der Waals surface area contributed by atoms with Crippen LogP contribution in [0.4, 0.5) is 0 Å². The number of amides is 3. The average Bonchev–Trinajstić information content (AvgIpc) is 2.95. The molecule has 0 bridgehead atoms. The first kappa shape index (κ1) is 19.5. The second-order valence-corrected chi connectivity index (χ2v) is 6.97. The number of hydrogen-bond acceptors (Lipinski definition) is 4. The minimum atomic E-state index is -0.641. The lowest BCUT2D eigenvalue weighted by atomic mass is 10.0. The Labute approximate surface area is 163 Å². The van der Waals surface area contributed by atoms with Gasteiger partial charge in [-0.05, 0) is 26.0 Å². The van der Waals surface area contributed by atoms with Crippen LogP contribution in [0.1, 0.15) is 50.0 Å². The number of aryl methyl sites for hydroxylation is 1. The zero-order chi connectivity index (χ0) is 20.4. The van der Waals surface area contributed by atoms with Crippen molar-refractivity contribution in [3.8, 4) is 0 Å². The number of carbonyl (C=O) groups excluding carboxylic acids is 4. The number of benzene rings is 2. The van der Waals surface area contributed by atoms with Crippen molar-refractivity contribution < 1.29 is 19.2 Å². The second-order valence-electron chi connectivity index (χ2n) is 6.97. The molecule has 1 atom stereocenters. The Balaban J connectivity index is 1.62. The third-order valence-electron chi connectivity index (χ3n) is 5.12. The van der Waals surface area contributed by atoms with E-state index in [-0.39, 0.29) is 36.5 Å². The molecule has 0 fully saturated rings. The minimum absolute atomic E-state index is 0.0129. The van der Waals surface area contributed by atoms with E-state index >= 15 is 0 Å². The molecule has 3 rings (SSSR count). The number of fused-ring (bicyclic) bond motifs is 1. The molecule has 1 unspecified atom stereocenters. The Hall–Kier alpha value is -3.28. The Morgan fingerprint density at radius 1 is 0.964 bits per heavy atom. The maximum Gasteiger partial charge on any atom is 0.261 e.